The Labute approximate surface area is 502 Å². The smallest absolute Gasteiger partial charge is 0.256 e. The maximum Gasteiger partial charge on any atom is 0.256 e. The molecule has 6 aromatic rings. The molecule has 0 saturated carbocycles. The molecule has 0 aliphatic carbocycles. The molecular formula is C58H77Cl3N14O6S2. The van der Waals surface area contributed by atoms with Crippen LogP contribution in [0.5, 0.6) is 0 Å². The van der Waals surface area contributed by atoms with Crippen LogP contribution in [0.4, 0.5) is 17.2 Å². The van der Waals surface area contributed by atoms with E-state index in [1.165, 1.54) is 115 Å². The van der Waals surface area contributed by atoms with Gasteiger partial charge in [0, 0.05) is 90.5 Å². The van der Waals surface area contributed by atoms with Crippen molar-refractivity contribution in [3.05, 3.63) is 110 Å². The van der Waals surface area contributed by atoms with Crippen LogP contribution in [0.15, 0.2) is 60.9 Å². The highest BCUT2D eigenvalue weighted by atomic mass is 35.5. The molecule has 0 unspecified atom stereocenters. The number of hydrogen-bond acceptors (Lipinski definition) is 14. The van der Waals surface area contributed by atoms with E-state index in [-0.39, 0.29) is 46.4 Å². The number of anilines is 3. The molecule has 0 radical (unpaired) electrons. The minimum Gasteiger partial charge on any atom is -0.352 e. The Morgan fingerprint density at radius 3 is 1.58 bits per heavy atom. The Morgan fingerprint density at radius 2 is 1.07 bits per heavy atom. The van der Waals surface area contributed by atoms with Gasteiger partial charge in [-0.1, -0.05) is 34.8 Å². The largest absolute Gasteiger partial charge is 0.352 e. The molecule has 10 heterocycles. The van der Waals surface area contributed by atoms with E-state index in [1.54, 1.807) is 32.6 Å². The summed E-state index contributed by atoms with van der Waals surface area (Å²) < 4.78 is 55.9. The second kappa shape index (κ2) is 26.5. The molecular weight excluding hydrogens is 1160 g/mol. The maximum atomic E-state index is 13.9. The van der Waals surface area contributed by atoms with Gasteiger partial charge >= 0.3 is 0 Å². The first-order valence-electron chi connectivity index (χ1n) is 29.2. The van der Waals surface area contributed by atoms with Crippen molar-refractivity contribution in [2.75, 3.05) is 92.3 Å². The molecule has 6 aliphatic rings. The number of benzene rings is 2. The summed E-state index contributed by atoms with van der Waals surface area (Å²) in [6.45, 7) is 14.8. The third kappa shape index (κ3) is 15.2. The molecule has 0 spiro atoms. The number of nitrogens with one attached hydrogen (secondary N) is 3. The minimum atomic E-state index is -3.58. The molecule has 448 valence electrons. The zero-order valence-electron chi connectivity index (χ0n) is 47.9. The highest BCUT2D eigenvalue weighted by molar-refractivity contribution is 7.92. The van der Waals surface area contributed by atoms with Gasteiger partial charge < -0.3 is 29.8 Å². The average molecular weight is 1240 g/mol. The molecule has 4 atom stereocenters. The fourth-order valence-corrected chi connectivity index (χ4v) is 14.3. The number of rotatable bonds is 13. The standard InChI is InChI=1S/C29H38ClN7O3S.C20H21Cl2N5O3S.C9H18N2/c1-20-18-37-27(31-28(20)35-15-7-8-22(35)19-34-12-5-6-13-34)17-25(32-37)26-9-3-4-14-36(26)29(38)23-16-21(30)10-11-24(23)33-41(2,39)40;1-12-11-27-18(23-19(12)22)10-16(24-27)17-5-3-4-8-26(17)20(28)14-9-13(21)6-7-15(14)25-31(2,29)30;1-2-7-11(6-1)8-9-4-3-5-10-9/h10-11,16-18,22,26,33H,3-9,12-15,19H2,1-2H3;6-7,9-11,17,25H,3-5,8H2,1-2H3;9-10H,1-8H2/t22-,26-;17-;9-/m000/s1. The summed E-state index contributed by atoms with van der Waals surface area (Å²) in [5.41, 5.74) is 5.61. The fraction of sp³-hybridized carbons (Fsp3) is 0.552. The van der Waals surface area contributed by atoms with Crippen LogP contribution in [-0.2, 0) is 20.0 Å². The van der Waals surface area contributed by atoms with Crippen molar-refractivity contribution in [1.82, 2.24) is 54.1 Å². The lowest BCUT2D eigenvalue weighted by Crippen LogP contribution is -2.40. The molecule has 6 aliphatic heterocycles. The van der Waals surface area contributed by atoms with Gasteiger partial charge in [-0.15, -0.1) is 0 Å². The van der Waals surface area contributed by atoms with Gasteiger partial charge in [-0.3, -0.25) is 19.0 Å². The molecule has 6 fully saturated rings. The Bertz CT molecular complexity index is 3480. The van der Waals surface area contributed by atoms with E-state index in [4.69, 9.17) is 44.9 Å². The summed E-state index contributed by atoms with van der Waals surface area (Å²) >= 11 is 18.5. The first kappa shape index (κ1) is 60.8. The lowest BCUT2D eigenvalue weighted by atomic mass is 9.98. The first-order valence-corrected chi connectivity index (χ1v) is 34.2. The van der Waals surface area contributed by atoms with Gasteiger partial charge in [0.2, 0.25) is 20.0 Å². The van der Waals surface area contributed by atoms with E-state index >= 15 is 0 Å². The van der Waals surface area contributed by atoms with E-state index in [1.807, 2.05) is 29.8 Å². The lowest BCUT2D eigenvalue weighted by Gasteiger charge is -2.35. The number of halogens is 3. The summed E-state index contributed by atoms with van der Waals surface area (Å²) in [6.07, 6.45) is 21.6. The SMILES string of the molecule is C1CN[C@H](CN2CCCC2)C1.Cc1cn2nc([C@@H]3CCCCN3C(=O)c3cc(Cl)ccc3NS(C)(=O)=O)cc2nc1Cl.Cc1cn2nc([C@@H]3CCCCN3C(=O)c3cc(Cl)ccc3NS(C)(=O)=O)cc2nc1N1CCC[C@H]1CN1CCCC1. The zero-order chi connectivity index (χ0) is 58.6. The Morgan fingerprint density at radius 1 is 0.578 bits per heavy atom. The summed E-state index contributed by atoms with van der Waals surface area (Å²) in [6, 6.07) is 13.7. The molecule has 2 aromatic carbocycles. The topological polar surface area (TPSA) is 215 Å². The normalized spacial score (nSPS) is 21.7. The summed E-state index contributed by atoms with van der Waals surface area (Å²) in [7, 11) is -7.15. The Hall–Kier alpha value is -5.33. The molecule has 4 aromatic heterocycles. The zero-order valence-corrected chi connectivity index (χ0v) is 51.8. The van der Waals surface area contributed by atoms with Gasteiger partial charge in [-0.25, -0.2) is 35.8 Å². The second-order valence-corrected chi connectivity index (χ2v) is 27.9. The molecule has 2 amide bonds. The van der Waals surface area contributed by atoms with E-state index in [0.29, 0.717) is 45.7 Å². The van der Waals surface area contributed by atoms with E-state index in [9.17, 15) is 26.4 Å². The molecule has 3 N–H and O–H groups in total. The lowest BCUT2D eigenvalue weighted by molar-refractivity contribution is 0.0600. The van der Waals surface area contributed by atoms with Gasteiger partial charge in [0.05, 0.1) is 58.5 Å². The van der Waals surface area contributed by atoms with Gasteiger partial charge in [0.15, 0.2) is 11.3 Å². The van der Waals surface area contributed by atoms with Crippen LogP contribution in [0.1, 0.15) is 145 Å². The Balaban J connectivity index is 0.000000160. The average Bonchev–Trinajstić information content (AvgIpc) is 4.52. The number of likely N-dealkylation sites (tertiary alicyclic amines) is 4. The number of aromatic nitrogens is 6. The summed E-state index contributed by atoms with van der Waals surface area (Å²) in [5, 5.41) is 14.2. The van der Waals surface area contributed by atoms with Crippen LogP contribution < -0.4 is 19.7 Å². The van der Waals surface area contributed by atoms with Crippen LogP contribution in [0.3, 0.4) is 0 Å². The van der Waals surface area contributed by atoms with Gasteiger partial charge in [0.25, 0.3) is 11.8 Å². The number of piperidine rings is 2. The fourth-order valence-electron chi connectivity index (χ4n) is 12.6. The first-order chi connectivity index (χ1) is 39.7. The predicted octanol–water partition coefficient (Wildman–Crippen LogP) is 9.41. The molecule has 0 bridgehead atoms. The van der Waals surface area contributed by atoms with Crippen LogP contribution in [0.25, 0.3) is 11.3 Å². The highest BCUT2D eigenvalue weighted by Crippen LogP contribution is 2.37. The number of carbonyl (C=O) groups is 2. The van der Waals surface area contributed by atoms with Crippen LogP contribution in [0, 0.1) is 13.8 Å². The number of carbonyl (C=O) groups excluding carboxylic acids is 2. The number of sulfonamides is 2. The molecule has 12 rings (SSSR count). The van der Waals surface area contributed by atoms with Crippen molar-refractivity contribution in [2.45, 2.75) is 128 Å². The maximum absolute atomic E-state index is 13.9. The van der Waals surface area contributed by atoms with Gasteiger partial charge in [0.1, 0.15) is 11.0 Å². The highest BCUT2D eigenvalue weighted by Gasteiger charge is 2.35. The minimum absolute atomic E-state index is 0.195. The van der Waals surface area contributed by atoms with E-state index in [0.717, 1.165) is 98.5 Å². The summed E-state index contributed by atoms with van der Waals surface area (Å²) in [4.78, 5) is 48.0. The number of hydrogen-bond donors (Lipinski definition) is 3. The quantitative estimate of drug-likeness (QED) is 0.0919. The third-order valence-electron chi connectivity index (χ3n) is 16.6. The van der Waals surface area contributed by atoms with Gasteiger partial charge in [-0.2, -0.15) is 10.2 Å². The monoisotopic (exact) mass is 1230 g/mol. The van der Waals surface area contributed by atoms with Crippen LogP contribution in [-0.4, -0.2) is 167 Å². The van der Waals surface area contributed by atoms with E-state index < -0.39 is 20.0 Å². The number of nitrogens with zero attached hydrogens (tertiary/aromatic N) is 11. The second-order valence-electron chi connectivity index (χ2n) is 23.2. The predicted molar refractivity (Wildman–Crippen MR) is 328 cm³/mol. The van der Waals surface area contributed by atoms with Crippen molar-refractivity contribution in [1.29, 1.82) is 0 Å². The number of amides is 2. The van der Waals surface area contributed by atoms with Crippen LogP contribution in [0.2, 0.25) is 15.2 Å². The van der Waals surface area contributed by atoms with E-state index in [2.05, 4.69) is 46.5 Å². The molecule has 20 nitrogen and oxygen atoms in total. The number of aryl methyl sites for hydroxylation is 2. The molecule has 25 heteroatoms. The van der Waals surface area contributed by atoms with Gasteiger partial charge in [-0.05, 0) is 173 Å². The summed E-state index contributed by atoms with van der Waals surface area (Å²) in [5.74, 6) is 0.447. The molecule has 6 saturated heterocycles. The van der Waals surface area contributed by atoms with Crippen molar-refractivity contribution >= 4 is 95.2 Å². The Kier molecular flexibility index (Phi) is 19.4. The van der Waals surface area contributed by atoms with Crippen molar-refractivity contribution in [2.24, 2.45) is 0 Å². The molecule has 83 heavy (non-hydrogen) atoms. The van der Waals surface area contributed by atoms with Crippen molar-refractivity contribution in [3.8, 4) is 0 Å². The van der Waals surface area contributed by atoms with Crippen molar-refractivity contribution < 1.29 is 26.4 Å². The van der Waals surface area contributed by atoms with Crippen molar-refractivity contribution in [3.63, 3.8) is 0 Å². The number of fused-ring (bicyclic) bond motifs is 2. The van der Waals surface area contributed by atoms with Crippen LogP contribution >= 0.6 is 34.8 Å². The third-order valence-corrected chi connectivity index (χ3v) is 18.6.